The van der Waals surface area contributed by atoms with Crippen molar-refractivity contribution in [2.24, 2.45) is 5.73 Å². The summed E-state index contributed by atoms with van der Waals surface area (Å²) >= 11 is 0. The minimum absolute atomic E-state index is 0.00248. The van der Waals surface area contributed by atoms with Crippen molar-refractivity contribution in [2.45, 2.75) is 30.6 Å². The first kappa shape index (κ1) is 23.5. The lowest BCUT2D eigenvalue weighted by Crippen LogP contribution is -2.36. The molecule has 3 aromatic carbocycles. The standard InChI is InChI=1S/C26H28N4O3S/c1-29(34(32,33)22-10-3-2-4-11-22)21-14-15-24-20(18-21)9-7-17-30(24)25(31)16-13-19-8-5-6-12-23(19)26(27)28/h2-6,8,10-12,14-15,18H,7,9,13,16-17H2,1H3,(H3,27,28). The highest BCUT2D eigenvalue weighted by atomic mass is 32.2. The topological polar surface area (TPSA) is 108 Å². The van der Waals surface area contributed by atoms with Gasteiger partial charge in [0.25, 0.3) is 10.0 Å². The molecule has 0 saturated carbocycles. The smallest absolute Gasteiger partial charge is 0.264 e. The number of sulfonamides is 1. The molecule has 0 unspecified atom stereocenters. The minimum atomic E-state index is -3.67. The second kappa shape index (κ2) is 9.69. The Morgan fingerprint density at radius 3 is 2.50 bits per heavy atom. The number of benzene rings is 3. The van der Waals surface area contributed by atoms with Gasteiger partial charge in [-0.15, -0.1) is 0 Å². The van der Waals surface area contributed by atoms with Crippen LogP contribution in [0.1, 0.15) is 29.5 Å². The molecule has 0 spiro atoms. The average molecular weight is 477 g/mol. The van der Waals surface area contributed by atoms with Crippen LogP contribution >= 0.6 is 0 Å². The van der Waals surface area contributed by atoms with Gasteiger partial charge in [-0.1, -0.05) is 42.5 Å². The molecule has 0 aromatic heterocycles. The Kier molecular flexibility index (Phi) is 6.70. The molecule has 3 N–H and O–H groups in total. The fourth-order valence-corrected chi connectivity index (χ4v) is 5.51. The average Bonchev–Trinajstić information content (AvgIpc) is 2.86. The molecule has 0 saturated heterocycles. The van der Waals surface area contributed by atoms with Crippen molar-refractivity contribution in [1.82, 2.24) is 0 Å². The zero-order chi connectivity index (χ0) is 24.3. The summed E-state index contributed by atoms with van der Waals surface area (Å²) in [6.07, 6.45) is 2.38. The number of carbonyl (C=O) groups is 1. The highest BCUT2D eigenvalue weighted by molar-refractivity contribution is 7.92. The molecule has 34 heavy (non-hydrogen) atoms. The molecule has 4 rings (SSSR count). The van der Waals surface area contributed by atoms with Crippen LogP contribution in [0, 0.1) is 5.41 Å². The van der Waals surface area contributed by atoms with Crippen molar-refractivity contribution in [2.75, 3.05) is 22.8 Å². The Morgan fingerprint density at radius 1 is 1.06 bits per heavy atom. The number of carbonyl (C=O) groups excluding carboxylic acids is 1. The largest absolute Gasteiger partial charge is 0.384 e. The SMILES string of the molecule is CN(c1ccc2c(c1)CCCN2C(=O)CCc1ccccc1C(=N)N)S(=O)(=O)c1ccccc1. The van der Waals surface area contributed by atoms with Gasteiger partial charge in [-0.25, -0.2) is 8.42 Å². The number of nitrogens with one attached hydrogen (secondary N) is 1. The van der Waals surface area contributed by atoms with Gasteiger partial charge in [0, 0.05) is 31.3 Å². The van der Waals surface area contributed by atoms with Crippen LogP contribution in [0.2, 0.25) is 0 Å². The van der Waals surface area contributed by atoms with Crippen LogP contribution in [0.25, 0.3) is 0 Å². The lowest BCUT2D eigenvalue weighted by Gasteiger charge is -2.31. The van der Waals surface area contributed by atoms with Crippen LogP contribution in [0.4, 0.5) is 11.4 Å². The second-order valence-electron chi connectivity index (χ2n) is 8.32. The van der Waals surface area contributed by atoms with Crippen molar-refractivity contribution in [3.63, 3.8) is 0 Å². The molecule has 0 bridgehead atoms. The van der Waals surface area contributed by atoms with E-state index in [2.05, 4.69) is 0 Å². The van der Waals surface area contributed by atoms with E-state index in [9.17, 15) is 13.2 Å². The molecule has 8 heteroatoms. The first-order chi connectivity index (χ1) is 16.3. The molecule has 3 aromatic rings. The highest BCUT2D eigenvalue weighted by Crippen LogP contribution is 2.33. The normalized spacial score (nSPS) is 13.3. The number of nitrogens with zero attached hydrogens (tertiary/aromatic N) is 2. The lowest BCUT2D eigenvalue weighted by molar-refractivity contribution is -0.118. The third kappa shape index (κ3) is 4.68. The van der Waals surface area contributed by atoms with Crippen LogP contribution in [0.5, 0.6) is 0 Å². The molecular weight excluding hydrogens is 448 g/mol. The second-order valence-corrected chi connectivity index (χ2v) is 10.3. The van der Waals surface area contributed by atoms with Gasteiger partial charge in [-0.3, -0.25) is 14.5 Å². The number of hydrogen-bond donors (Lipinski definition) is 2. The summed E-state index contributed by atoms with van der Waals surface area (Å²) in [4.78, 5) is 15.1. The van der Waals surface area contributed by atoms with Crippen molar-refractivity contribution in [3.8, 4) is 0 Å². The molecule has 0 aliphatic carbocycles. The van der Waals surface area contributed by atoms with Crippen LogP contribution in [0.15, 0.2) is 77.7 Å². The van der Waals surface area contributed by atoms with Crippen LogP contribution < -0.4 is 14.9 Å². The van der Waals surface area contributed by atoms with Gasteiger partial charge in [0.05, 0.1) is 10.6 Å². The maximum atomic E-state index is 13.1. The fraction of sp³-hybridized carbons (Fsp3) is 0.231. The van der Waals surface area contributed by atoms with Gasteiger partial charge in [-0.2, -0.15) is 0 Å². The first-order valence-electron chi connectivity index (χ1n) is 11.2. The van der Waals surface area contributed by atoms with Gasteiger partial charge in [0.2, 0.25) is 5.91 Å². The zero-order valence-electron chi connectivity index (χ0n) is 19.1. The lowest BCUT2D eigenvalue weighted by atomic mass is 9.99. The predicted octanol–water partition coefficient (Wildman–Crippen LogP) is 3.71. The van der Waals surface area contributed by atoms with E-state index in [1.807, 2.05) is 30.3 Å². The Bertz CT molecular complexity index is 1320. The quantitative estimate of drug-likeness (QED) is 0.400. The summed E-state index contributed by atoms with van der Waals surface area (Å²) in [6, 6.07) is 21.2. The number of anilines is 2. The molecular formula is C26H28N4O3S. The van der Waals surface area contributed by atoms with Crippen molar-refractivity contribution < 1.29 is 13.2 Å². The molecule has 0 radical (unpaired) electrons. The highest BCUT2D eigenvalue weighted by Gasteiger charge is 2.26. The van der Waals surface area contributed by atoms with Crippen LogP contribution in [-0.4, -0.2) is 33.8 Å². The summed E-state index contributed by atoms with van der Waals surface area (Å²) in [5.74, 6) is -0.00853. The Morgan fingerprint density at radius 2 is 1.76 bits per heavy atom. The Balaban J connectivity index is 1.53. The van der Waals surface area contributed by atoms with Gasteiger partial charge in [-0.05, 0) is 60.7 Å². The molecule has 0 atom stereocenters. The maximum absolute atomic E-state index is 13.1. The molecule has 1 aliphatic heterocycles. The maximum Gasteiger partial charge on any atom is 0.264 e. The summed E-state index contributed by atoms with van der Waals surface area (Å²) in [7, 11) is -2.13. The number of nitrogens with two attached hydrogens (primary N) is 1. The summed E-state index contributed by atoms with van der Waals surface area (Å²) in [5, 5.41) is 7.74. The summed E-state index contributed by atoms with van der Waals surface area (Å²) in [5.41, 5.74) is 9.55. The first-order valence-corrected chi connectivity index (χ1v) is 12.6. The number of amidine groups is 1. The number of nitrogen functional groups attached to an aromatic ring is 1. The van der Waals surface area contributed by atoms with E-state index in [0.29, 0.717) is 30.6 Å². The van der Waals surface area contributed by atoms with E-state index in [1.54, 1.807) is 54.4 Å². The van der Waals surface area contributed by atoms with Crippen LogP contribution in [-0.2, 0) is 27.7 Å². The van der Waals surface area contributed by atoms with Crippen LogP contribution in [0.3, 0.4) is 0 Å². The Hall–Kier alpha value is -3.65. The van der Waals surface area contributed by atoms with E-state index in [-0.39, 0.29) is 16.6 Å². The zero-order valence-corrected chi connectivity index (χ0v) is 19.9. The molecule has 0 fully saturated rings. The molecule has 1 heterocycles. The fourth-order valence-electron chi connectivity index (χ4n) is 4.31. The van der Waals surface area contributed by atoms with Gasteiger partial charge in [0.1, 0.15) is 5.84 Å². The Labute approximate surface area is 200 Å². The van der Waals surface area contributed by atoms with Gasteiger partial charge >= 0.3 is 0 Å². The number of amides is 1. The van der Waals surface area contributed by atoms with E-state index in [0.717, 1.165) is 29.7 Å². The number of fused-ring (bicyclic) bond motifs is 1. The van der Waals surface area contributed by atoms with E-state index in [1.165, 1.54) is 4.31 Å². The van der Waals surface area contributed by atoms with Crippen molar-refractivity contribution in [3.05, 3.63) is 89.5 Å². The predicted molar refractivity (Wildman–Crippen MR) is 135 cm³/mol. The number of hydrogen-bond acceptors (Lipinski definition) is 4. The van der Waals surface area contributed by atoms with E-state index in [4.69, 9.17) is 11.1 Å². The number of rotatable bonds is 7. The minimum Gasteiger partial charge on any atom is -0.384 e. The monoisotopic (exact) mass is 476 g/mol. The third-order valence-corrected chi connectivity index (χ3v) is 7.96. The van der Waals surface area contributed by atoms with Gasteiger partial charge in [0.15, 0.2) is 0 Å². The van der Waals surface area contributed by atoms with Crippen molar-refractivity contribution >= 4 is 33.1 Å². The molecule has 7 nitrogen and oxygen atoms in total. The molecule has 1 amide bonds. The molecule has 176 valence electrons. The van der Waals surface area contributed by atoms with E-state index < -0.39 is 10.0 Å². The number of aryl methyl sites for hydroxylation is 2. The van der Waals surface area contributed by atoms with E-state index >= 15 is 0 Å². The molecule has 1 aliphatic rings. The van der Waals surface area contributed by atoms with Gasteiger partial charge < -0.3 is 10.6 Å². The summed E-state index contributed by atoms with van der Waals surface area (Å²) < 4.78 is 27.3. The third-order valence-electron chi connectivity index (χ3n) is 6.16. The van der Waals surface area contributed by atoms with Crippen molar-refractivity contribution in [1.29, 1.82) is 5.41 Å². The summed E-state index contributed by atoms with van der Waals surface area (Å²) in [6.45, 7) is 0.623.